The van der Waals surface area contributed by atoms with Crippen LogP contribution in [-0.4, -0.2) is 30.3 Å². The molecule has 2 aromatic rings. The SMILES string of the molecule is CC(C)C(CCO)NC(=O)NCCc1cc2ccccc2o1. The van der Waals surface area contributed by atoms with E-state index in [1.165, 1.54) is 0 Å². The summed E-state index contributed by atoms with van der Waals surface area (Å²) in [7, 11) is 0. The highest BCUT2D eigenvalue weighted by atomic mass is 16.3. The lowest BCUT2D eigenvalue weighted by Crippen LogP contribution is -2.45. The van der Waals surface area contributed by atoms with E-state index in [9.17, 15) is 4.79 Å². The fourth-order valence-corrected chi connectivity index (χ4v) is 2.39. The van der Waals surface area contributed by atoms with Crippen molar-refractivity contribution in [1.29, 1.82) is 0 Å². The third-order valence-electron chi connectivity index (χ3n) is 3.69. The Balaban J connectivity index is 1.78. The number of hydrogen-bond acceptors (Lipinski definition) is 3. The Morgan fingerprint density at radius 2 is 2.09 bits per heavy atom. The zero-order valence-corrected chi connectivity index (χ0v) is 13.1. The van der Waals surface area contributed by atoms with Crippen LogP contribution in [-0.2, 0) is 6.42 Å². The van der Waals surface area contributed by atoms with Gasteiger partial charge in [-0.25, -0.2) is 4.79 Å². The second-order valence-corrected chi connectivity index (χ2v) is 5.76. The number of hydrogen-bond donors (Lipinski definition) is 3. The van der Waals surface area contributed by atoms with Gasteiger partial charge in [-0.1, -0.05) is 32.0 Å². The average molecular weight is 304 g/mol. The largest absolute Gasteiger partial charge is 0.461 e. The van der Waals surface area contributed by atoms with Crippen molar-refractivity contribution < 1.29 is 14.3 Å². The molecular weight excluding hydrogens is 280 g/mol. The maximum Gasteiger partial charge on any atom is 0.315 e. The first-order chi connectivity index (χ1) is 10.6. The van der Waals surface area contributed by atoms with Crippen molar-refractivity contribution in [2.45, 2.75) is 32.7 Å². The van der Waals surface area contributed by atoms with Gasteiger partial charge in [-0.15, -0.1) is 0 Å². The van der Waals surface area contributed by atoms with E-state index in [-0.39, 0.29) is 24.6 Å². The number of benzene rings is 1. The lowest BCUT2D eigenvalue weighted by atomic mass is 10.0. The average Bonchev–Trinajstić information content (AvgIpc) is 2.89. The van der Waals surface area contributed by atoms with Crippen LogP contribution in [0.2, 0.25) is 0 Å². The minimum Gasteiger partial charge on any atom is -0.461 e. The number of nitrogens with one attached hydrogen (secondary N) is 2. The molecule has 0 radical (unpaired) electrons. The van der Waals surface area contributed by atoms with Gasteiger partial charge in [0, 0.05) is 31.0 Å². The summed E-state index contributed by atoms with van der Waals surface area (Å²) in [6, 6.07) is 9.62. The summed E-state index contributed by atoms with van der Waals surface area (Å²) in [6.45, 7) is 4.63. The number of aliphatic hydroxyl groups is 1. The molecule has 0 aliphatic carbocycles. The molecule has 1 aromatic carbocycles. The van der Waals surface area contributed by atoms with Crippen molar-refractivity contribution in [1.82, 2.24) is 10.6 Å². The lowest BCUT2D eigenvalue weighted by molar-refractivity contribution is 0.219. The van der Waals surface area contributed by atoms with Crippen LogP contribution >= 0.6 is 0 Å². The topological polar surface area (TPSA) is 74.5 Å². The Morgan fingerprint density at radius 3 is 2.77 bits per heavy atom. The van der Waals surface area contributed by atoms with Gasteiger partial charge in [0.15, 0.2) is 0 Å². The van der Waals surface area contributed by atoms with Crippen LogP contribution in [0.25, 0.3) is 11.0 Å². The molecule has 1 aromatic heterocycles. The Bertz CT molecular complexity index is 574. The molecule has 1 heterocycles. The lowest BCUT2D eigenvalue weighted by Gasteiger charge is -2.21. The van der Waals surface area contributed by atoms with E-state index in [0.29, 0.717) is 19.4 Å². The quantitative estimate of drug-likeness (QED) is 0.736. The van der Waals surface area contributed by atoms with E-state index in [1.807, 2.05) is 44.2 Å². The molecule has 0 aliphatic rings. The van der Waals surface area contributed by atoms with Gasteiger partial charge in [0.1, 0.15) is 11.3 Å². The summed E-state index contributed by atoms with van der Waals surface area (Å²) >= 11 is 0. The van der Waals surface area contributed by atoms with Crippen LogP contribution < -0.4 is 10.6 Å². The Kier molecular flexibility index (Phi) is 5.83. The van der Waals surface area contributed by atoms with Crippen molar-refractivity contribution in [3.8, 4) is 0 Å². The number of furan rings is 1. The van der Waals surface area contributed by atoms with Gasteiger partial charge in [0.2, 0.25) is 0 Å². The molecule has 0 saturated carbocycles. The maximum absolute atomic E-state index is 11.9. The van der Waals surface area contributed by atoms with Crippen LogP contribution in [0.15, 0.2) is 34.7 Å². The first-order valence-corrected chi connectivity index (χ1v) is 7.73. The third-order valence-corrected chi connectivity index (χ3v) is 3.69. The van der Waals surface area contributed by atoms with Gasteiger partial charge in [-0.05, 0) is 24.5 Å². The summed E-state index contributed by atoms with van der Waals surface area (Å²) in [5.41, 5.74) is 0.866. The Hall–Kier alpha value is -2.01. The van der Waals surface area contributed by atoms with Crippen LogP contribution in [0, 0.1) is 5.92 Å². The molecule has 3 N–H and O–H groups in total. The molecule has 5 nitrogen and oxygen atoms in total. The third kappa shape index (κ3) is 4.49. The maximum atomic E-state index is 11.9. The number of carbonyl (C=O) groups excluding carboxylic acids is 1. The normalized spacial score (nSPS) is 12.5. The highest BCUT2D eigenvalue weighted by Crippen LogP contribution is 2.18. The zero-order chi connectivity index (χ0) is 15.9. The molecule has 0 saturated heterocycles. The highest BCUT2D eigenvalue weighted by Gasteiger charge is 2.15. The molecule has 0 bridgehead atoms. The number of urea groups is 1. The van der Waals surface area contributed by atoms with E-state index < -0.39 is 0 Å². The van der Waals surface area contributed by atoms with E-state index in [2.05, 4.69) is 10.6 Å². The van der Waals surface area contributed by atoms with Crippen LogP contribution in [0.1, 0.15) is 26.0 Å². The number of fused-ring (bicyclic) bond motifs is 1. The summed E-state index contributed by atoms with van der Waals surface area (Å²) in [4.78, 5) is 11.9. The van der Waals surface area contributed by atoms with Crippen molar-refractivity contribution in [2.24, 2.45) is 5.92 Å². The van der Waals surface area contributed by atoms with Gasteiger partial charge in [-0.2, -0.15) is 0 Å². The van der Waals surface area contributed by atoms with Crippen LogP contribution in [0.4, 0.5) is 4.79 Å². The van der Waals surface area contributed by atoms with Gasteiger partial charge < -0.3 is 20.2 Å². The van der Waals surface area contributed by atoms with E-state index in [4.69, 9.17) is 9.52 Å². The van der Waals surface area contributed by atoms with E-state index in [0.717, 1.165) is 16.7 Å². The van der Waals surface area contributed by atoms with Crippen molar-refractivity contribution in [3.63, 3.8) is 0 Å². The Labute approximate surface area is 130 Å². The van der Waals surface area contributed by atoms with Crippen molar-refractivity contribution in [3.05, 3.63) is 36.1 Å². The number of aliphatic hydroxyl groups excluding tert-OH is 1. The predicted molar refractivity (Wildman–Crippen MR) is 86.8 cm³/mol. The fraction of sp³-hybridized carbons (Fsp3) is 0.471. The number of amides is 2. The second kappa shape index (κ2) is 7.84. The second-order valence-electron chi connectivity index (χ2n) is 5.76. The zero-order valence-electron chi connectivity index (χ0n) is 13.1. The minimum atomic E-state index is -0.205. The number of carbonyl (C=O) groups is 1. The van der Waals surface area contributed by atoms with Gasteiger partial charge in [0.25, 0.3) is 0 Å². The van der Waals surface area contributed by atoms with Gasteiger partial charge in [0.05, 0.1) is 0 Å². The predicted octanol–water partition coefficient (Wildman–Crippen LogP) is 2.68. The smallest absolute Gasteiger partial charge is 0.315 e. The Morgan fingerprint density at radius 1 is 1.32 bits per heavy atom. The minimum absolute atomic E-state index is 0.0174. The molecular formula is C17H24N2O3. The molecule has 22 heavy (non-hydrogen) atoms. The van der Waals surface area contributed by atoms with E-state index in [1.54, 1.807) is 0 Å². The molecule has 1 unspecified atom stereocenters. The first-order valence-electron chi connectivity index (χ1n) is 7.73. The molecule has 0 fully saturated rings. The first kappa shape index (κ1) is 16.4. The standard InChI is InChI=1S/C17H24N2O3/c1-12(2)15(8-10-20)19-17(21)18-9-7-14-11-13-5-3-4-6-16(13)22-14/h3-6,11-12,15,20H,7-10H2,1-2H3,(H2,18,19,21). The highest BCUT2D eigenvalue weighted by molar-refractivity contribution is 5.77. The van der Waals surface area contributed by atoms with Crippen LogP contribution in [0.3, 0.4) is 0 Å². The molecule has 5 heteroatoms. The van der Waals surface area contributed by atoms with E-state index >= 15 is 0 Å². The molecule has 1 atom stereocenters. The molecule has 0 aliphatic heterocycles. The monoisotopic (exact) mass is 304 g/mol. The molecule has 2 amide bonds. The fourth-order valence-electron chi connectivity index (χ4n) is 2.39. The number of rotatable bonds is 7. The van der Waals surface area contributed by atoms with Crippen molar-refractivity contribution >= 4 is 17.0 Å². The van der Waals surface area contributed by atoms with Gasteiger partial charge in [-0.3, -0.25) is 0 Å². The summed E-state index contributed by atoms with van der Waals surface area (Å²) in [6.07, 6.45) is 1.21. The summed E-state index contributed by atoms with van der Waals surface area (Å²) in [5, 5.41) is 15.8. The molecule has 120 valence electrons. The summed E-state index contributed by atoms with van der Waals surface area (Å²) in [5.74, 6) is 1.14. The summed E-state index contributed by atoms with van der Waals surface area (Å²) < 4.78 is 5.70. The van der Waals surface area contributed by atoms with Gasteiger partial charge >= 0.3 is 6.03 Å². The number of para-hydroxylation sites is 1. The van der Waals surface area contributed by atoms with Crippen molar-refractivity contribution in [2.75, 3.05) is 13.2 Å². The molecule has 2 rings (SSSR count). The molecule has 0 spiro atoms. The van der Waals surface area contributed by atoms with Crippen LogP contribution in [0.5, 0.6) is 0 Å².